The lowest BCUT2D eigenvalue weighted by Crippen LogP contribution is -2.34. The number of phenolic OH excluding ortho intramolecular Hbond substituents is 1. The van der Waals surface area contributed by atoms with Gasteiger partial charge in [0.15, 0.2) is 0 Å². The zero-order valence-corrected chi connectivity index (χ0v) is 12.6. The van der Waals surface area contributed by atoms with E-state index in [4.69, 9.17) is 0 Å². The molecule has 0 amide bonds. The monoisotopic (exact) mass is 312 g/mol. The van der Waals surface area contributed by atoms with Gasteiger partial charge in [-0.1, -0.05) is 22.9 Å². The maximum atomic E-state index is 9.99. The van der Waals surface area contributed by atoms with Crippen LogP contribution in [0.3, 0.4) is 0 Å². The molecule has 1 heterocycles. The Bertz CT molecular complexity index is 411. The van der Waals surface area contributed by atoms with Crippen molar-refractivity contribution >= 4 is 15.9 Å². The Balaban J connectivity index is 2.10. The molecule has 2 N–H and O–H groups in total. The van der Waals surface area contributed by atoms with E-state index in [0.29, 0.717) is 11.8 Å². The van der Waals surface area contributed by atoms with Crippen molar-refractivity contribution in [1.82, 2.24) is 10.2 Å². The smallest absolute Gasteiger partial charge is 0.120 e. The molecule has 0 radical (unpaired) electrons. The number of hydrogen-bond donors (Lipinski definition) is 2. The molecule has 2 atom stereocenters. The summed E-state index contributed by atoms with van der Waals surface area (Å²) in [5.74, 6) is 0.379. The molecular weight excluding hydrogens is 292 g/mol. The number of halogens is 1. The molecule has 0 spiro atoms. The van der Waals surface area contributed by atoms with Crippen LogP contribution in [-0.4, -0.2) is 36.2 Å². The maximum Gasteiger partial charge on any atom is 0.120 e. The van der Waals surface area contributed by atoms with Gasteiger partial charge in [-0.05, 0) is 44.6 Å². The molecule has 0 aromatic heterocycles. The van der Waals surface area contributed by atoms with Crippen LogP contribution < -0.4 is 5.32 Å². The summed E-state index contributed by atoms with van der Waals surface area (Å²) in [6, 6.07) is 6.38. The summed E-state index contributed by atoms with van der Waals surface area (Å²) < 4.78 is 1.01. The van der Waals surface area contributed by atoms with Gasteiger partial charge in [0.2, 0.25) is 0 Å². The average Bonchev–Trinajstić information content (AvgIpc) is 2.75. The zero-order valence-electron chi connectivity index (χ0n) is 11.0. The minimum atomic E-state index is 0.221. The van der Waals surface area contributed by atoms with E-state index >= 15 is 0 Å². The quantitative estimate of drug-likeness (QED) is 0.897. The van der Waals surface area contributed by atoms with Gasteiger partial charge < -0.3 is 15.3 Å². The largest absolute Gasteiger partial charge is 0.508 e. The Morgan fingerprint density at radius 1 is 1.56 bits per heavy atom. The van der Waals surface area contributed by atoms with Gasteiger partial charge in [0.1, 0.15) is 5.75 Å². The third kappa shape index (κ3) is 3.25. The first-order chi connectivity index (χ1) is 8.60. The number of nitrogens with one attached hydrogen (secondary N) is 1. The summed E-state index contributed by atoms with van der Waals surface area (Å²) in [6.45, 7) is 4.39. The maximum absolute atomic E-state index is 9.99. The number of aromatic hydroxyl groups is 1. The highest BCUT2D eigenvalue weighted by Gasteiger charge is 2.23. The molecule has 1 aliphatic rings. The van der Waals surface area contributed by atoms with E-state index in [2.05, 4.69) is 40.1 Å². The number of nitrogens with zero attached hydrogens (tertiary/aromatic N) is 1. The van der Waals surface area contributed by atoms with E-state index in [-0.39, 0.29) is 6.04 Å². The number of likely N-dealkylation sites (tertiary alicyclic amines) is 1. The van der Waals surface area contributed by atoms with Crippen LogP contribution in [0.1, 0.15) is 31.4 Å². The highest BCUT2D eigenvalue weighted by Crippen LogP contribution is 2.30. The van der Waals surface area contributed by atoms with Crippen LogP contribution in [-0.2, 0) is 0 Å². The molecule has 2 rings (SSSR count). The van der Waals surface area contributed by atoms with Crippen LogP contribution in [0.2, 0.25) is 0 Å². The molecule has 0 aliphatic carbocycles. The van der Waals surface area contributed by atoms with Gasteiger partial charge in [0.25, 0.3) is 0 Å². The number of rotatable bonds is 4. The molecule has 1 aromatic rings. The fourth-order valence-corrected chi connectivity index (χ4v) is 2.97. The van der Waals surface area contributed by atoms with Gasteiger partial charge in [-0.25, -0.2) is 0 Å². The molecule has 1 aliphatic heterocycles. The fraction of sp³-hybridized carbons (Fsp3) is 0.571. The summed E-state index contributed by atoms with van der Waals surface area (Å²) in [4.78, 5) is 2.34. The number of hydrogen-bond acceptors (Lipinski definition) is 3. The Labute approximate surface area is 117 Å². The molecule has 2 unspecified atom stereocenters. The van der Waals surface area contributed by atoms with Gasteiger partial charge in [0.05, 0.1) is 0 Å². The highest BCUT2D eigenvalue weighted by molar-refractivity contribution is 9.10. The summed E-state index contributed by atoms with van der Waals surface area (Å²) >= 11 is 3.47. The van der Waals surface area contributed by atoms with Crippen molar-refractivity contribution in [3.8, 4) is 5.75 Å². The van der Waals surface area contributed by atoms with Gasteiger partial charge in [-0.3, -0.25) is 0 Å². The summed E-state index contributed by atoms with van der Waals surface area (Å²) in [5.41, 5.74) is 0.987. The predicted octanol–water partition coefficient (Wildman–Crippen LogP) is 2.90. The first kappa shape index (κ1) is 13.8. The fourth-order valence-electron chi connectivity index (χ4n) is 2.59. The van der Waals surface area contributed by atoms with Crippen LogP contribution in [0.5, 0.6) is 5.75 Å². The van der Waals surface area contributed by atoms with E-state index in [1.165, 1.54) is 6.42 Å². The van der Waals surface area contributed by atoms with Crippen molar-refractivity contribution in [2.24, 2.45) is 0 Å². The van der Waals surface area contributed by atoms with Crippen molar-refractivity contribution in [2.75, 3.05) is 20.1 Å². The molecule has 18 heavy (non-hydrogen) atoms. The molecule has 3 nitrogen and oxygen atoms in total. The van der Waals surface area contributed by atoms with Gasteiger partial charge >= 0.3 is 0 Å². The standard InChI is InChI=1S/C14H21BrN2O/c1-3-13(16-11-6-7-17(2)9-11)12-8-10(15)4-5-14(12)18/h4-5,8,11,13,16,18H,3,6-7,9H2,1-2H3. The molecular formula is C14H21BrN2O. The van der Waals surface area contributed by atoms with E-state index in [1.54, 1.807) is 6.07 Å². The number of phenols is 1. The van der Waals surface area contributed by atoms with E-state index in [0.717, 1.165) is 29.5 Å². The predicted molar refractivity (Wildman–Crippen MR) is 77.9 cm³/mol. The lowest BCUT2D eigenvalue weighted by atomic mass is 10.0. The van der Waals surface area contributed by atoms with E-state index < -0.39 is 0 Å². The number of benzene rings is 1. The van der Waals surface area contributed by atoms with Gasteiger partial charge in [-0.15, -0.1) is 0 Å². The third-order valence-electron chi connectivity index (χ3n) is 3.60. The lowest BCUT2D eigenvalue weighted by molar-refractivity contribution is 0.373. The molecule has 1 fully saturated rings. The minimum absolute atomic E-state index is 0.221. The molecule has 1 aromatic carbocycles. The normalized spacial score (nSPS) is 22.3. The van der Waals surface area contributed by atoms with Crippen LogP contribution in [0.4, 0.5) is 0 Å². The lowest BCUT2D eigenvalue weighted by Gasteiger charge is -2.23. The van der Waals surface area contributed by atoms with Crippen LogP contribution in [0.25, 0.3) is 0 Å². The number of likely N-dealkylation sites (N-methyl/N-ethyl adjacent to an activating group) is 1. The summed E-state index contributed by atoms with van der Waals surface area (Å²) in [6.07, 6.45) is 2.16. The first-order valence-corrected chi connectivity index (χ1v) is 7.32. The minimum Gasteiger partial charge on any atom is -0.508 e. The Morgan fingerprint density at radius 2 is 2.33 bits per heavy atom. The molecule has 4 heteroatoms. The second kappa shape index (κ2) is 6.04. The summed E-state index contributed by atoms with van der Waals surface area (Å²) in [5, 5.41) is 13.6. The molecule has 100 valence electrons. The average molecular weight is 313 g/mol. The molecule has 0 bridgehead atoms. The third-order valence-corrected chi connectivity index (χ3v) is 4.09. The Hall–Kier alpha value is -0.580. The second-order valence-corrected chi connectivity index (χ2v) is 5.99. The second-order valence-electron chi connectivity index (χ2n) is 5.08. The zero-order chi connectivity index (χ0) is 13.1. The van der Waals surface area contributed by atoms with Gasteiger partial charge in [0, 0.05) is 28.7 Å². The van der Waals surface area contributed by atoms with Crippen LogP contribution >= 0.6 is 15.9 Å². The van der Waals surface area contributed by atoms with Crippen molar-refractivity contribution in [3.05, 3.63) is 28.2 Å². The van der Waals surface area contributed by atoms with Crippen LogP contribution in [0, 0.1) is 0 Å². The highest BCUT2D eigenvalue weighted by atomic mass is 79.9. The van der Waals surface area contributed by atoms with Crippen LogP contribution in [0.15, 0.2) is 22.7 Å². The topological polar surface area (TPSA) is 35.5 Å². The van der Waals surface area contributed by atoms with Crippen molar-refractivity contribution in [2.45, 2.75) is 31.8 Å². The molecule has 1 saturated heterocycles. The van der Waals surface area contributed by atoms with E-state index in [1.807, 2.05) is 12.1 Å². The SMILES string of the molecule is CCC(NC1CCN(C)C1)c1cc(Br)ccc1O. The van der Waals surface area contributed by atoms with Crippen molar-refractivity contribution in [3.63, 3.8) is 0 Å². The first-order valence-electron chi connectivity index (χ1n) is 6.53. The Morgan fingerprint density at radius 3 is 2.94 bits per heavy atom. The van der Waals surface area contributed by atoms with Crippen molar-refractivity contribution < 1.29 is 5.11 Å². The van der Waals surface area contributed by atoms with Crippen molar-refractivity contribution in [1.29, 1.82) is 0 Å². The van der Waals surface area contributed by atoms with Gasteiger partial charge in [-0.2, -0.15) is 0 Å². The summed E-state index contributed by atoms with van der Waals surface area (Å²) in [7, 11) is 2.15. The van der Waals surface area contributed by atoms with E-state index in [9.17, 15) is 5.11 Å². The molecule has 0 saturated carbocycles. The Kier molecular flexibility index (Phi) is 4.65.